The second-order valence-corrected chi connectivity index (χ2v) is 5.92. The second kappa shape index (κ2) is 8.15. The standard InChI is InChI=1S/C17H26N2O3/c1-13(20)18-11-15(12-19-9-3-4-10-19)17(21)14-5-7-16(22-2)8-6-14/h5-8,15,17,21H,3-4,9-12H2,1-2H3,(H,18,20)/t15-,17-/m1/s1. The van der Waals surface area contributed by atoms with E-state index in [1.54, 1.807) is 7.11 Å². The number of methoxy groups -OCH3 is 1. The van der Waals surface area contributed by atoms with Gasteiger partial charge in [0.2, 0.25) is 5.91 Å². The van der Waals surface area contributed by atoms with Crippen molar-refractivity contribution in [3.05, 3.63) is 29.8 Å². The molecule has 1 aliphatic heterocycles. The minimum Gasteiger partial charge on any atom is -0.497 e. The number of hydrogen-bond donors (Lipinski definition) is 2. The number of carbonyl (C=O) groups is 1. The van der Waals surface area contributed by atoms with Crippen LogP contribution >= 0.6 is 0 Å². The number of nitrogens with one attached hydrogen (secondary N) is 1. The number of hydrogen-bond acceptors (Lipinski definition) is 4. The van der Waals surface area contributed by atoms with E-state index in [0.717, 1.165) is 30.9 Å². The number of amides is 1. The van der Waals surface area contributed by atoms with E-state index in [2.05, 4.69) is 10.2 Å². The maximum atomic E-state index is 11.2. The second-order valence-electron chi connectivity index (χ2n) is 5.92. The Kier molecular flexibility index (Phi) is 6.21. The summed E-state index contributed by atoms with van der Waals surface area (Å²) in [5.41, 5.74) is 0.857. The van der Waals surface area contributed by atoms with Crippen molar-refractivity contribution in [2.24, 2.45) is 5.92 Å². The summed E-state index contributed by atoms with van der Waals surface area (Å²) in [7, 11) is 1.62. The first kappa shape index (κ1) is 16.8. The molecule has 1 aliphatic rings. The van der Waals surface area contributed by atoms with Crippen molar-refractivity contribution in [2.75, 3.05) is 33.3 Å². The minimum atomic E-state index is -0.599. The van der Waals surface area contributed by atoms with Crippen LogP contribution in [0.3, 0.4) is 0 Å². The lowest BCUT2D eigenvalue weighted by Crippen LogP contribution is -2.38. The van der Waals surface area contributed by atoms with Gasteiger partial charge in [-0.2, -0.15) is 0 Å². The van der Waals surface area contributed by atoms with E-state index in [1.165, 1.54) is 19.8 Å². The fourth-order valence-electron chi connectivity index (χ4n) is 2.92. The molecule has 0 saturated carbocycles. The molecule has 0 unspecified atom stereocenters. The average molecular weight is 306 g/mol. The summed E-state index contributed by atoms with van der Waals surface area (Å²) in [6.45, 7) is 4.94. The summed E-state index contributed by atoms with van der Waals surface area (Å²) in [5.74, 6) is 0.692. The predicted molar refractivity (Wildman–Crippen MR) is 85.8 cm³/mol. The van der Waals surface area contributed by atoms with Gasteiger partial charge < -0.3 is 20.1 Å². The molecule has 1 aromatic carbocycles. The monoisotopic (exact) mass is 306 g/mol. The van der Waals surface area contributed by atoms with E-state index in [9.17, 15) is 9.90 Å². The van der Waals surface area contributed by atoms with E-state index >= 15 is 0 Å². The van der Waals surface area contributed by atoms with Gasteiger partial charge >= 0.3 is 0 Å². The smallest absolute Gasteiger partial charge is 0.216 e. The van der Waals surface area contributed by atoms with Crippen LogP contribution in [-0.2, 0) is 4.79 Å². The molecular weight excluding hydrogens is 280 g/mol. The van der Waals surface area contributed by atoms with E-state index in [4.69, 9.17) is 4.74 Å². The van der Waals surface area contributed by atoms with Crippen LogP contribution < -0.4 is 10.1 Å². The molecule has 5 nitrogen and oxygen atoms in total. The van der Waals surface area contributed by atoms with Gasteiger partial charge in [0.1, 0.15) is 5.75 Å². The summed E-state index contributed by atoms with van der Waals surface area (Å²) in [6, 6.07) is 7.47. The van der Waals surface area contributed by atoms with Crippen LogP contribution in [0, 0.1) is 5.92 Å². The Morgan fingerprint density at radius 2 is 1.95 bits per heavy atom. The highest BCUT2D eigenvalue weighted by molar-refractivity contribution is 5.72. The number of carbonyl (C=O) groups excluding carboxylic acids is 1. The van der Waals surface area contributed by atoms with Gasteiger partial charge in [0.25, 0.3) is 0 Å². The molecule has 0 spiro atoms. The molecule has 1 fully saturated rings. The molecule has 1 aromatic rings. The van der Waals surface area contributed by atoms with Gasteiger partial charge in [-0.3, -0.25) is 4.79 Å². The molecule has 2 N–H and O–H groups in total. The molecule has 2 atom stereocenters. The maximum absolute atomic E-state index is 11.2. The molecule has 0 bridgehead atoms. The van der Waals surface area contributed by atoms with Gasteiger partial charge in [0.15, 0.2) is 0 Å². The van der Waals surface area contributed by atoms with E-state index in [0.29, 0.717) is 6.54 Å². The van der Waals surface area contributed by atoms with Gasteiger partial charge in [0.05, 0.1) is 13.2 Å². The molecule has 22 heavy (non-hydrogen) atoms. The van der Waals surface area contributed by atoms with Crippen LogP contribution in [-0.4, -0.2) is 49.2 Å². The zero-order chi connectivity index (χ0) is 15.9. The molecule has 2 rings (SSSR count). The van der Waals surface area contributed by atoms with Crippen LogP contribution in [0.2, 0.25) is 0 Å². The zero-order valence-electron chi connectivity index (χ0n) is 13.4. The van der Waals surface area contributed by atoms with Crippen molar-refractivity contribution in [2.45, 2.75) is 25.9 Å². The summed E-state index contributed by atoms with van der Waals surface area (Å²) >= 11 is 0. The summed E-state index contributed by atoms with van der Waals surface area (Å²) in [6.07, 6.45) is 1.83. The van der Waals surface area contributed by atoms with Crippen LogP contribution in [0.1, 0.15) is 31.4 Å². The Labute approximate surface area is 132 Å². The molecule has 0 aromatic heterocycles. The predicted octanol–water partition coefficient (Wildman–Crippen LogP) is 1.58. The molecule has 1 saturated heterocycles. The normalized spacial score (nSPS) is 18.0. The van der Waals surface area contributed by atoms with Gasteiger partial charge in [-0.05, 0) is 43.6 Å². The summed E-state index contributed by atoms with van der Waals surface area (Å²) < 4.78 is 5.15. The molecule has 0 radical (unpaired) electrons. The topological polar surface area (TPSA) is 61.8 Å². The fraction of sp³-hybridized carbons (Fsp3) is 0.588. The van der Waals surface area contributed by atoms with E-state index in [1.807, 2.05) is 24.3 Å². The van der Waals surface area contributed by atoms with Crippen molar-refractivity contribution in [1.29, 1.82) is 0 Å². The van der Waals surface area contributed by atoms with Crippen molar-refractivity contribution in [1.82, 2.24) is 10.2 Å². The van der Waals surface area contributed by atoms with Crippen molar-refractivity contribution < 1.29 is 14.6 Å². The maximum Gasteiger partial charge on any atom is 0.216 e. The number of aliphatic hydroxyl groups excluding tert-OH is 1. The number of aliphatic hydroxyl groups is 1. The lowest BCUT2D eigenvalue weighted by atomic mass is 9.95. The Balaban J connectivity index is 2.04. The lowest BCUT2D eigenvalue weighted by molar-refractivity contribution is -0.119. The highest BCUT2D eigenvalue weighted by Gasteiger charge is 2.25. The Bertz CT molecular complexity index is 469. The highest BCUT2D eigenvalue weighted by atomic mass is 16.5. The number of likely N-dealkylation sites (tertiary alicyclic amines) is 1. The van der Waals surface area contributed by atoms with Crippen LogP contribution in [0.15, 0.2) is 24.3 Å². The van der Waals surface area contributed by atoms with Gasteiger partial charge in [-0.1, -0.05) is 12.1 Å². The van der Waals surface area contributed by atoms with Gasteiger partial charge in [-0.25, -0.2) is 0 Å². The van der Waals surface area contributed by atoms with E-state index < -0.39 is 6.10 Å². The van der Waals surface area contributed by atoms with Gasteiger partial charge in [-0.15, -0.1) is 0 Å². The quantitative estimate of drug-likeness (QED) is 0.803. The van der Waals surface area contributed by atoms with Crippen molar-refractivity contribution in [3.63, 3.8) is 0 Å². The van der Waals surface area contributed by atoms with E-state index in [-0.39, 0.29) is 11.8 Å². The number of ether oxygens (including phenoxy) is 1. The molecule has 0 aliphatic carbocycles. The summed E-state index contributed by atoms with van der Waals surface area (Å²) in [4.78, 5) is 13.6. The van der Waals surface area contributed by atoms with Crippen LogP contribution in [0.5, 0.6) is 5.75 Å². The summed E-state index contributed by atoms with van der Waals surface area (Å²) in [5, 5.41) is 13.5. The third-order valence-corrected chi connectivity index (χ3v) is 4.21. The molecular formula is C17H26N2O3. The highest BCUT2D eigenvalue weighted by Crippen LogP contribution is 2.25. The molecule has 1 heterocycles. The van der Waals surface area contributed by atoms with Gasteiger partial charge in [0, 0.05) is 25.9 Å². The van der Waals surface area contributed by atoms with Crippen molar-refractivity contribution >= 4 is 5.91 Å². The number of rotatable bonds is 7. The molecule has 1 amide bonds. The first-order valence-electron chi connectivity index (χ1n) is 7.89. The molecule has 122 valence electrons. The minimum absolute atomic E-state index is 0.0182. The van der Waals surface area contributed by atoms with Crippen LogP contribution in [0.25, 0.3) is 0 Å². The Morgan fingerprint density at radius 1 is 1.32 bits per heavy atom. The van der Waals surface area contributed by atoms with Crippen molar-refractivity contribution in [3.8, 4) is 5.75 Å². The third-order valence-electron chi connectivity index (χ3n) is 4.21. The lowest BCUT2D eigenvalue weighted by Gasteiger charge is -2.28. The number of nitrogens with zero attached hydrogens (tertiary/aromatic N) is 1. The molecule has 5 heteroatoms. The number of benzene rings is 1. The Morgan fingerprint density at radius 3 is 2.50 bits per heavy atom. The van der Waals surface area contributed by atoms with Crippen LogP contribution in [0.4, 0.5) is 0 Å². The first-order chi connectivity index (χ1) is 10.6. The first-order valence-corrected chi connectivity index (χ1v) is 7.89. The SMILES string of the molecule is COc1ccc([C@@H](O)[C@H](CNC(C)=O)CN2CCCC2)cc1. The average Bonchev–Trinajstić information content (AvgIpc) is 3.03. The zero-order valence-corrected chi connectivity index (χ0v) is 13.4. The largest absolute Gasteiger partial charge is 0.497 e. The Hall–Kier alpha value is -1.59. The third kappa shape index (κ3) is 4.71. The fourth-order valence-corrected chi connectivity index (χ4v) is 2.92.